The highest BCUT2D eigenvalue weighted by atomic mass is 35.5. The molecule has 1 unspecified atom stereocenters. The Balaban J connectivity index is 0.000000163. The van der Waals surface area contributed by atoms with E-state index in [1.165, 1.54) is 44.9 Å². The highest BCUT2D eigenvalue weighted by Crippen LogP contribution is 2.32. The molecular weight excluding hydrogens is 258 g/mol. The van der Waals surface area contributed by atoms with Crippen LogP contribution in [-0.2, 0) is 0 Å². The molecule has 0 spiro atoms. The molecule has 3 nitrogen and oxygen atoms in total. The van der Waals surface area contributed by atoms with Gasteiger partial charge in [0, 0.05) is 12.1 Å². The van der Waals surface area contributed by atoms with Gasteiger partial charge in [0.2, 0.25) is 0 Å². The molecule has 2 heterocycles. The summed E-state index contributed by atoms with van der Waals surface area (Å²) in [5, 5.41) is 11.2. The number of alkyl halides is 1. The molecule has 1 N–H and O–H groups in total. The third-order valence-corrected chi connectivity index (χ3v) is 4.18. The molecule has 19 heavy (non-hydrogen) atoms. The SMILES string of the molecule is C1CCCCCC1.Cc1cc2c(nn1)NCCC2Cl. The normalized spacial score (nSPS) is 22.3. The van der Waals surface area contributed by atoms with Crippen molar-refractivity contribution in [1.82, 2.24) is 10.2 Å². The summed E-state index contributed by atoms with van der Waals surface area (Å²) in [5.74, 6) is 0.840. The molecular formula is C15H24ClN3. The Morgan fingerprint density at radius 1 is 1.05 bits per heavy atom. The first kappa shape index (κ1) is 14.6. The van der Waals surface area contributed by atoms with Gasteiger partial charge in [-0.15, -0.1) is 16.7 Å². The van der Waals surface area contributed by atoms with Gasteiger partial charge >= 0.3 is 0 Å². The van der Waals surface area contributed by atoms with Crippen LogP contribution in [0.15, 0.2) is 6.07 Å². The molecule has 1 fully saturated rings. The van der Waals surface area contributed by atoms with Crippen molar-refractivity contribution in [2.75, 3.05) is 11.9 Å². The molecule has 2 aliphatic rings. The molecule has 0 aromatic carbocycles. The number of aromatic nitrogens is 2. The van der Waals surface area contributed by atoms with Crippen LogP contribution in [0.4, 0.5) is 5.82 Å². The lowest BCUT2D eigenvalue weighted by Crippen LogP contribution is -2.16. The summed E-state index contributed by atoms with van der Waals surface area (Å²) in [4.78, 5) is 0. The predicted molar refractivity (Wildman–Crippen MR) is 80.8 cm³/mol. The molecule has 1 saturated carbocycles. The number of nitrogens with zero attached hydrogens (tertiary/aromatic N) is 2. The molecule has 0 amide bonds. The lowest BCUT2D eigenvalue weighted by atomic mass is 10.1. The molecule has 1 aromatic heterocycles. The van der Waals surface area contributed by atoms with Gasteiger partial charge in [-0.05, 0) is 19.4 Å². The predicted octanol–water partition coefficient (Wildman–Crippen LogP) is 4.61. The van der Waals surface area contributed by atoms with E-state index in [0.717, 1.165) is 30.0 Å². The van der Waals surface area contributed by atoms with Gasteiger partial charge in [-0.25, -0.2) is 0 Å². The standard InChI is InChI=1S/C8H10ClN3.C7H14/c1-5-4-6-7(9)2-3-10-8(6)12-11-5;1-2-4-6-7-5-3-1/h4,7H,2-3H2,1H3,(H,10,12);1-7H2. The first-order chi connectivity index (χ1) is 9.27. The molecule has 4 heteroatoms. The summed E-state index contributed by atoms with van der Waals surface area (Å²) in [6.45, 7) is 2.81. The number of fused-ring (bicyclic) bond motifs is 1. The Bertz CT molecular complexity index is 375. The van der Waals surface area contributed by atoms with Crippen LogP contribution in [-0.4, -0.2) is 16.7 Å². The van der Waals surface area contributed by atoms with Gasteiger partial charge in [0.1, 0.15) is 0 Å². The van der Waals surface area contributed by atoms with Gasteiger partial charge in [0.05, 0.1) is 11.1 Å². The number of nitrogens with one attached hydrogen (secondary N) is 1. The maximum Gasteiger partial charge on any atom is 0.153 e. The fourth-order valence-electron chi connectivity index (χ4n) is 2.60. The smallest absolute Gasteiger partial charge is 0.153 e. The van der Waals surface area contributed by atoms with Crippen molar-refractivity contribution in [2.45, 2.75) is 63.7 Å². The van der Waals surface area contributed by atoms with Crippen LogP contribution in [0.3, 0.4) is 0 Å². The zero-order valence-corrected chi connectivity index (χ0v) is 12.5. The lowest BCUT2D eigenvalue weighted by Gasteiger charge is -2.20. The van der Waals surface area contributed by atoms with Crippen LogP contribution in [0.5, 0.6) is 0 Å². The zero-order valence-electron chi connectivity index (χ0n) is 11.8. The minimum Gasteiger partial charge on any atom is -0.368 e. The Kier molecular flexibility index (Phi) is 5.90. The van der Waals surface area contributed by atoms with Crippen molar-refractivity contribution in [3.05, 3.63) is 17.3 Å². The summed E-state index contributed by atoms with van der Waals surface area (Å²) in [6, 6.07) is 1.99. The number of anilines is 1. The van der Waals surface area contributed by atoms with Crippen LogP contribution >= 0.6 is 11.6 Å². The average Bonchev–Trinajstić information content (AvgIpc) is 2.73. The number of hydrogen-bond acceptors (Lipinski definition) is 3. The summed E-state index contributed by atoms with van der Waals surface area (Å²) < 4.78 is 0. The van der Waals surface area contributed by atoms with E-state index in [4.69, 9.17) is 11.6 Å². The number of rotatable bonds is 0. The van der Waals surface area contributed by atoms with E-state index in [-0.39, 0.29) is 5.38 Å². The van der Waals surface area contributed by atoms with Gasteiger partial charge in [-0.3, -0.25) is 0 Å². The number of aryl methyl sites for hydroxylation is 1. The first-order valence-electron chi connectivity index (χ1n) is 7.49. The molecule has 1 aliphatic carbocycles. The molecule has 0 bridgehead atoms. The fraction of sp³-hybridized carbons (Fsp3) is 0.733. The molecule has 0 radical (unpaired) electrons. The second-order valence-electron chi connectivity index (χ2n) is 5.45. The fourth-order valence-corrected chi connectivity index (χ4v) is 2.87. The Hall–Kier alpha value is -0.830. The molecule has 0 saturated heterocycles. The van der Waals surface area contributed by atoms with Crippen molar-refractivity contribution < 1.29 is 0 Å². The Morgan fingerprint density at radius 2 is 1.63 bits per heavy atom. The topological polar surface area (TPSA) is 37.8 Å². The van der Waals surface area contributed by atoms with Crippen molar-refractivity contribution >= 4 is 17.4 Å². The van der Waals surface area contributed by atoms with Crippen molar-refractivity contribution in [3.63, 3.8) is 0 Å². The van der Waals surface area contributed by atoms with Crippen molar-refractivity contribution in [1.29, 1.82) is 0 Å². The minimum atomic E-state index is 0.0930. The molecule has 1 aliphatic heterocycles. The highest BCUT2D eigenvalue weighted by Gasteiger charge is 2.18. The Morgan fingerprint density at radius 3 is 2.21 bits per heavy atom. The van der Waals surface area contributed by atoms with E-state index in [1.54, 1.807) is 0 Å². The second kappa shape index (κ2) is 7.68. The van der Waals surface area contributed by atoms with Crippen LogP contribution < -0.4 is 5.32 Å². The molecule has 1 aromatic rings. The van der Waals surface area contributed by atoms with Crippen molar-refractivity contribution in [3.8, 4) is 0 Å². The number of hydrogen-bond donors (Lipinski definition) is 1. The van der Waals surface area contributed by atoms with E-state index in [1.807, 2.05) is 13.0 Å². The van der Waals surface area contributed by atoms with E-state index in [0.29, 0.717) is 0 Å². The van der Waals surface area contributed by atoms with Gasteiger partial charge in [0.25, 0.3) is 0 Å². The van der Waals surface area contributed by atoms with Crippen LogP contribution in [0.1, 0.15) is 68.0 Å². The highest BCUT2D eigenvalue weighted by molar-refractivity contribution is 6.21. The van der Waals surface area contributed by atoms with E-state index in [2.05, 4.69) is 15.5 Å². The third kappa shape index (κ3) is 4.64. The van der Waals surface area contributed by atoms with Gasteiger partial charge in [-0.1, -0.05) is 44.9 Å². The third-order valence-electron chi connectivity index (χ3n) is 3.72. The summed E-state index contributed by atoms with van der Waals surface area (Å²) in [7, 11) is 0. The molecule has 106 valence electrons. The van der Waals surface area contributed by atoms with Gasteiger partial charge in [-0.2, -0.15) is 5.10 Å². The molecule has 3 rings (SSSR count). The van der Waals surface area contributed by atoms with Gasteiger partial charge in [0.15, 0.2) is 5.82 Å². The Labute approximate surface area is 121 Å². The maximum absolute atomic E-state index is 6.11. The summed E-state index contributed by atoms with van der Waals surface area (Å²) >= 11 is 6.11. The number of halogens is 1. The van der Waals surface area contributed by atoms with Crippen LogP contribution in [0, 0.1) is 6.92 Å². The zero-order chi connectivity index (χ0) is 13.5. The maximum atomic E-state index is 6.11. The second-order valence-corrected chi connectivity index (χ2v) is 5.97. The van der Waals surface area contributed by atoms with E-state index < -0.39 is 0 Å². The van der Waals surface area contributed by atoms with E-state index >= 15 is 0 Å². The average molecular weight is 282 g/mol. The minimum absolute atomic E-state index is 0.0930. The monoisotopic (exact) mass is 281 g/mol. The first-order valence-corrected chi connectivity index (χ1v) is 7.93. The van der Waals surface area contributed by atoms with E-state index in [9.17, 15) is 0 Å². The van der Waals surface area contributed by atoms with Crippen molar-refractivity contribution in [2.24, 2.45) is 0 Å². The molecule has 1 atom stereocenters. The van der Waals surface area contributed by atoms with Crippen LogP contribution in [0.2, 0.25) is 0 Å². The van der Waals surface area contributed by atoms with Crippen LogP contribution in [0.25, 0.3) is 0 Å². The quantitative estimate of drug-likeness (QED) is 0.557. The van der Waals surface area contributed by atoms with Gasteiger partial charge < -0.3 is 5.32 Å². The summed E-state index contributed by atoms with van der Waals surface area (Å²) in [6.07, 6.45) is 11.5. The summed E-state index contributed by atoms with van der Waals surface area (Å²) in [5.41, 5.74) is 2.00. The lowest BCUT2D eigenvalue weighted by molar-refractivity contribution is 0.702. The largest absolute Gasteiger partial charge is 0.368 e.